The number of nitro benzene ring substituents is 1. The first kappa shape index (κ1) is 20.1. The van der Waals surface area contributed by atoms with Gasteiger partial charge in [-0.1, -0.05) is 42.5 Å². The van der Waals surface area contributed by atoms with Gasteiger partial charge in [-0.2, -0.15) is 0 Å². The van der Waals surface area contributed by atoms with Crippen LogP contribution < -0.4 is 16.2 Å². The van der Waals surface area contributed by atoms with Crippen molar-refractivity contribution in [3.63, 3.8) is 0 Å². The summed E-state index contributed by atoms with van der Waals surface area (Å²) in [5.74, 6) is -1.19. The van der Waals surface area contributed by atoms with E-state index >= 15 is 0 Å². The van der Waals surface area contributed by atoms with Crippen molar-refractivity contribution < 1.29 is 14.6 Å². The van der Waals surface area contributed by atoms with Crippen LogP contribution in [0.4, 0.5) is 23.0 Å². The van der Waals surface area contributed by atoms with Crippen molar-refractivity contribution in [2.24, 2.45) is 0 Å². The van der Waals surface area contributed by atoms with Crippen molar-refractivity contribution >= 4 is 28.9 Å². The van der Waals surface area contributed by atoms with Gasteiger partial charge in [0.05, 0.1) is 9.85 Å². The number of rotatable bonds is 8. The Bertz CT molecular complexity index is 1090. The van der Waals surface area contributed by atoms with Crippen LogP contribution in [0.15, 0.2) is 60.9 Å². The molecule has 0 aliphatic heterocycles. The van der Waals surface area contributed by atoms with E-state index in [9.17, 15) is 25.0 Å². The number of hydrogen-bond donors (Lipinski definition) is 3. The number of hydrogen-bond acceptors (Lipinski definition) is 9. The molecule has 0 unspecified atom stereocenters. The van der Waals surface area contributed by atoms with Gasteiger partial charge in [0.2, 0.25) is 11.6 Å². The van der Waals surface area contributed by atoms with Gasteiger partial charge >= 0.3 is 5.69 Å². The zero-order valence-corrected chi connectivity index (χ0v) is 15.3. The lowest BCUT2D eigenvalue weighted by atomic mass is 10.2. The average Bonchev–Trinajstić information content (AvgIpc) is 2.76. The van der Waals surface area contributed by atoms with E-state index < -0.39 is 27.1 Å². The molecule has 0 fully saturated rings. The molecule has 12 nitrogen and oxygen atoms in total. The minimum Gasteiger partial charge on any atom is -0.360 e. The molecule has 0 saturated carbocycles. The molecular formula is C18H15N7O5. The van der Waals surface area contributed by atoms with E-state index in [1.807, 2.05) is 30.3 Å². The Kier molecular flexibility index (Phi) is 6.08. The van der Waals surface area contributed by atoms with Crippen LogP contribution >= 0.6 is 0 Å². The van der Waals surface area contributed by atoms with Crippen LogP contribution in [0.25, 0.3) is 0 Å². The Morgan fingerprint density at radius 2 is 1.57 bits per heavy atom. The van der Waals surface area contributed by atoms with Crippen LogP contribution in [-0.2, 0) is 6.54 Å². The molecule has 12 heteroatoms. The molecule has 3 aromatic rings. The number of carbonyl (C=O) groups is 1. The first-order valence-electron chi connectivity index (χ1n) is 8.54. The van der Waals surface area contributed by atoms with Crippen molar-refractivity contribution in [2.45, 2.75) is 6.54 Å². The van der Waals surface area contributed by atoms with Crippen LogP contribution in [0.3, 0.4) is 0 Å². The van der Waals surface area contributed by atoms with Crippen molar-refractivity contribution in [3.8, 4) is 0 Å². The number of carbonyl (C=O) groups excluding carboxylic acids is 1. The summed E-state index contributed by atoms with van der Waals surface area (Å²) in [5.41, 5.74) is 4.31. The molecule has 0 saturated heterocycles. The highest BCUT2D eigenvalue weighted by atomic mass is 16.6. The maximum atomic E-state index is 12.3. The number of benzene rings is 2. The second-order valence-electron chi connectivity index (χ2n) is 5.87. The third kappa shape index (κ3) is 4.62. The molecule has 0 spiro atoms. The van der Waals surface area contributed by atoms with E-state index in [4.69, 9.17) is 0 Å². The summed E-state index contributed by atoms with van der Waals surface area (Å²) in [5, 5.41) is 25.5. The first-order valence-corrected chi connectivity index (χ1v) is 8.54. The quantitative estimate of drug-likeness (QED) is 0.374. The molecule has 0 aliphatic carbocycles. The minimum absolute atomic E-state index is 0.0544. The summed E-state index contributed by atoms with van der Waals surface area (Å²) in [6.07, 6.45) is 1.08. The topological polar surface area (TPSA) is 165 Å². The number of amides is 1. The highest BCUT2D eigenvalue weighted by molar-refractivity contribution is 5.98. The van der Waals surface area contributed by atoms with E-state index in [0.29, 0.717) is 0 Å². The van der Waals surface area contributed by atoms with E-state index in [0.717, 1.165) is 11.9 Å². The number of nitrogens with zero attached hydrogens (tertiary/aromatic N) is 4. The normalized spacial score (nSPS) is 10.1. The maximum Gasteiger partial charge on any atom is 0.354 e. The number of nitro groups is 2. The number of aromatic nitrogens is 2. The molecule has 0 aliphatic rings. The van der Waals surface area contributed by atoms with E-state index in [-0.39, 0.29) is 23.7 Å². The molecular weight excluding hydrogens is 394 g/mol. The highest BCUT2D eigenvalue weighted by Gasteiger charge is 2.24. The highest BCUT2D eigenvalue weighted by Crippen LogP contribution is 2.28. The lowest BCUT2D eigenvalue weighted by molar-refractivity contribution is -0.385. The molecule has 1 amide bonds. The molecule has 0 bridgehead atoms. The third-order valence-corrected chi connectivity index (χ3v) is 3.95. The van der Waals surface area contributed by atoms with Crippen LogP contribution in [0.5, 0.6) is 0 Å². The monoisotopic (exact) mass is 409 g/mol. The largest absolute Gasteiger partial charge is 0.360 e. The Morgan fingerprint density at radius 3 is 2.27 bits per heavy atom. The predicted octanol–water partition coefficient (Wildman–Crippen LogP) is 2.66. The average molecular weight is 409 g/mol. The Balaban J connectivity index is 1.78. The molecule has 30 heavy (non-hydrogen) atoms. The van der Waals surface area contributed by atoms with E-state index in [1.165, 1.54) is 24.3 Å². The van der Waals surface area contributed by atoms with Crippen LogP contribution in [-0.4, -0.2) is 25.7 Å². The maximum absolute atomic E-state index is 12.3. The van der Waals surface area contributed by atoms with Crippen molar-refractivity contribution in [1.29, 1.82) is 0 Å². The number of nitrogens with one attached hydrogen (secondary N) is 3. The molecule has 0 atom stereocenters. The summed E-state index contributed by atoms with van der Waals surface area (Å²) in [7, 11) is 0. The van der Waals surface area contributed by atoms with E-state index in [2.05, 4.69) is 26.1 Å². The summed E-state index contributed by atoms with van der Waals surface area (Å²) in [6, 6.07) is 14.5. The van der Waals surface area contributed by atoms with Gasteiger partial charge in [0.25, 0.3) is 11.6 Å². The number of para-hydroxylation sites is 1. The lowest BCUT2D eigenvalue weighted by Crippen LogP contribution is -2.31. The van der Waals surface area contributed by atoms with Gasteiger partial charge < -0.3 is 5.32 Å². The van der Waals surface area contributed by atoms with E-state index in [1.54, 1.807) is 0 Å². The molecule has 2 aromatic carbocycles. The van der Waals surface area contributed by atoms with Gasteiger partial charge in [-0.05, 0) is 11.6 Å². The van der Waals surface area contributed by atoms with Gasteiger partial charge in [-0.15, -0.1) is 0 Å². The summed E-state index contributed by atoms with van der Waals surface area (Å²) in [6.45, 7) is 0.278. The standard InChI is InChI=1S/C18H15N7O5/c26-18(13-8-4-5-9-14(13)24(27)28)23-22-17-15(25(29)30)16(20-11-21-17)19-10-12-6-2-1-3-7-12/h1-9,11H,10H2,(H,23,26)(H2,19,20,21,22). The smallest absolute Gasteiger partial charge is 0.354 e. The molecule has 152 valence electrons. The zero-order chi connectivity index (χ0) is 21.5. The zero-order valence-electron chi connectivity index (χ0n) is 15.3. The summed E-state index contributed by atoms with van der Waals surface area (Å²) in [4.78, 5) is 41.2. The number of hydrazine groups is 1. The summed E-state index contributed by atoms with van der Waals surface area (Å²) >= 11 is 0. The van der Waals surface area contributed by atoms with Crippen LogP contribution in [0.2, 0.25) is 0 Å². The van der Waals surface area contributed by atoms with Crippen LogP contribution in [0, 0.1) is 20.2 Å². The molecule has 1 heterocycles. The van der Waals surface area contributed by atoms with Crippen LogP contribution in [0.1, 0.15) is 15.9 Å². The fraction of sp³-hybridized carbons (Fsp3) is 0.0556. The fourth-order valence-corrected chi connectivity index (χ4v) is 2.56. The SMILES string of the molecule is O=C(NNc1ncnc(NCc2ccccc2)c1[N+](=O)[O-])c1ccccc1[N+](=O)[O-]. The Morgan fingerprint density at radius 1 is 0.900 bits per heavy atom. The molecule has 1 aromatic heterocycles. The van der Waals surface area contributed by atoms with Gasteiger partial charge in [0, 0.05) is 12.6 Å². The first-order chi connectivity index (χ1) is 14.5. The second-order valence-corrected chi connectivity index (χ2v) is 5.87. The molecule has 3 N–H and O–H groups in total. The lowest BCUT2D eigenvalue weighted by Gasteiger charge is -2.11. The van der Waals surface area contributed by atoms with Gasteiger partial charge in [-0.25, -0.2) is 9.97 Å². The summed E-state index contributed by atoms with van der Waals surface area (Å²) < 4.78 is 0. The van der Waals surface area contributed by atoms with Gasteiger partial charge in [0.15, 0.2) is 0 Å². The molecule has 3 rings (SSSR count). The van der Waals surface area contributed by atoms with Gasteiger partial charge in [0.1, 0.15) is 11.9 Å². The fourth-order valence-electron chi connectivity index (χ4n) is 2.56. The predicted molar refractivity (Wildman–Crippen MR) is 107 cm³/mol. The van der Waals surface area contributed by atoms with Gasteiger partial charge in [-0.3, -0.25) is 35.9 Å². The third-order valence-electron chi connectivity index (χ3n) is 3.95. The van der Waals surface area contributed by atoms with Crippen molar-refractivity contribution in [3.05, 3.63) is 92.3 Å². The Hall–Kier alpha value is -4.61. The second kappa shape index (κ2) is 9.05. The van der Waals surface area contributed by atoms with Crippen molar-refractivity contribution in [1.82, 2.24) is 15.4 Å². The van der Waals surface area contributed by atoms with Crippen molar-refractivity contribution in [2.75, 3.05) is 10.7 Å². The Labute approximate surface area is 169 Å². The minimum atomic E-state index is -0.853. The number of anilines is 2. The molecule has 0 radical (unpaired) electrons.